The quantitative estimate of drug-likeness (QED) is 0.638. The Labute approximate surface area is 175 Å². The van der Waals surface area contributed by atoms with Crippen LogP contribution in [0.3, 0.4) is 0 Å². The first-order valence-electron chi connectivity index (χ1n) is 9.22. The van der Waals surface area contributed by atoms with Crippen molar-refractivity contribution in [2.75, 3.05) is 6.26 Å². The first-order chi connectivity index (χ1) is 14.3. The van der Waals surface area contributed by atoms with Crippen molar-refractivity contribution in [1.82, 2.24) is 5.32 Å². The second-order valence-electron chi connectivity index (χ2n) is 6.79. The number of nitrogens with one attached hydrogen (secondary N) is 1. The number of hydrogen-bond donors (Lipinski definition) is 1. The molecular weight excluding hydrogens is 401 g/mol. The standard InChI is InChI=1S/C24H20FNO3S/c1-30(28,29)23-13-11-20(12-14-23)17-26-24(27)21-9-3-7-18(15-21)5-2-6-19-8-4-10-22(25)16-19/h3-4,7-16H,6,17H2,1H3,(H,26,27). The van der Waals surface area contributed by atoms with Gasteiger partial charge in [0.05, 0.1) is 4.90 Å². The molecule has 0 aliphatic rings. The molecule has 0 bridgehead atoms. The average molecular weight is 421 g/mol. The van der Waals surface area contributed by atoms with Gasteiger partial charge in [0.2, 0.25) is 0 Å². The Bertz CT molecular complexity index is 1220. The van der Waals surface area contributed by atoms with E-state index in [4.69, 9.17) is 0 Å². The van der Waals surface area contributed by atoms with Gasteiger partial charge >= 0.3 is 0 Å². The van der Waals surface area contributed by atoms with E-state index in [1.807, 2.05) is 6.07 Å². The van der Waals surface area contributed by atoms with Crippen LogP contribution < -0.4 is 5.32 Å². The van der Waals surface area contributed by atoms with Crippen LogP contribution in [0.5, 0.6) is 0 Å². The monoisotopic (exact) mass is 421 g/mol. The molecular formula is C24H20FNO3S. The fraction of sp³-hybridized carbons (Fsp3) is 0.125. The Balaban J connectivity index is 1.61. The van der Waals surface area contributed by atoms with Crippen molar-refractivity contribution >= 4 is 15.7 Å². The smallest absolute Gasteiger partial charge is 0.251 e. The number of sulfone groups is 1. The zero-order chi connectivity index (χ0) is 21.6. The molecule has 0 saturated carbocycles. The molecule has 0 saturated heterocycles. The molecule has 0 aromatic heterocycles. The summed E-state index contributed by atoms with van der Waals surface area (Å²) in [7, 11) is -3.25. The summed E-state index contributed by atoms with van der Waals surface area (Å²) in [4.78, 5) is 12.7. The fourth-order valence-electron chi connectivity index (χ4n) is 2.77. The predicted octanol–water partition coefficient (Wildman–Crippen LogP) is 3.75. The maximum atomic E-state index is 13.2. The molecule has 0 aliphatic carbocycles. The molecule has 0 fully saturated rings. The molecule has 0 radical (unpaired) electrons. The number of amides is 1. The molecule has 3 aromatic carbocycles. The Kier molecular flexibility index (Phi) is 6.65. The second-order valence-corrected chi connectivity index (χ2v) is 8.80. The Hall–Kier alpha value is -3.43. The lowest BCUT2D eigenvalue weighted by atomic mass is 10.1. The van der Waals surface area contributed by atoms with Gasteiger partial charge in [-0.25, -0.2) is 12.8 Å². The molecule has 0 aliphatic heterocycles. The molecule has 30 heavy (non-hydrogen) atoms. The maximum absolute atomic E-state index is 13.2. The number of carbonyl (C=O) groups excluding carboxylic acids is 1. The van der Waals surface area contributed by atoms with Crippen LogP contribution in [0, 0.1) is 17.7 Å². The molecule has 0 atom stereocenters. The molecule has 6 heteroatoms. The second kappa shape index (κ2) is 9.38. The van der Waals surface area contributed by atoms with Gasteiger partial charge in [0.1, 0.15) is 5.82 Å². The summed E-state index contributed by atoms with van der Waals surface area (Å²) in [6, 6.07) is 19.6. The summed E-state index contributed by atoms with van der Waals surface area (Å²) >= 11 is 0. The van der Waals surface area contributed by atoms with Crippen LogP contribution in [0.15, 0.2) is 77.7 Å². The summed E-state index contributed by atoms with van der Waals surface area (Å²) in [5.74, 6) is 5.44. The lowest BCUT2D eigenvalue weighted by Crippen LogP contribution is -2.22. The molecule has 3 aromatic rings. The molecule has 0 unspecified atom stereocenters. The van der Waals surface area contributed by atoms with Crippen LogP contribution in [0.25, 0.3) is 0 Å². The summed E-state index contributed by atoms with van der Waals surface area (Å²) < 4.78 is 36.2. The van der Waals surface area contributed by atoms with Crippen LogP contribution in [0.1, 0.15) is 27.0 Å². The minimum absolute atomic E-state index is 0.238. The SMILES string of the molecule is CS(=O)(=O)c1ccc(CNC(=O)c2cccc(C#CCc3cccc(F)c3)c2)cc1. The highest BCUT2D eigenvalue weighted by Crippen LogP contribution is 2.11. The van der Waals surface area contributed by atoms with Gasteiger partial charge < -0.3 is 5.32 Å². The summed E-state index contributed by atoms with van der Waals surface area (Å²) in [6.07, 6.45) is 1.56. The largest absolute Gasteiger partial charge is 0.348 e. The third-order valence-corrected chi connectivity index (χ3v) is 5.47. The maximum Gasteiger partial charge on any atom is 0.251 e. The van der Waals surface area contributed by atoms with E-state index in [1.165, 1.54) is 24.3 Å². The summed E-state index contributed by atoms with van der Waals surface area (Å²) in [5.41, 5.74) is 2.75. The Morgan fingerprint density at radius 2 is 1.70 bits per heavy atom. The van der Waals surface area contributed by atoms with Crippen LogP contribution in [-0.2, 0) is 22.8 Å². The van der Waals surface area contributed by atoms with E-state index in [0.717, 1.165) is 17.4 Å². The fourth-order valence-corrected chi connectivity index (χ4v) is 3.40. The first-order valence-corrected chi connectivity index (χ1v) is 11.1. The van der Waals surface area contributed by atoms with Gasteiger partial charge in [-0.2, -0.15) is 0 Å². The van der Waals surface area contributed by atoms with Gasteiger partial charge in [0.25, 0.3) is 5.91 Å². The van der Waals surface area contributed by atoms with Gasteiger partial charge in [-0.05, 0) is 53.6 Å². The topological polar surface area (TPSA) is 63.2 Å². The third-order valence-electron chi connectivity index (χ3n) is 4.34. The van der Waals surface area contributed by atoms with Gasteiger partial charge in [-0.3, -0.25) is 4.79 Å². The zero-order valence-corrected chi connectivity index (χ0v) is 17.2. The van der Waals surface area contributed by atoms with Gasteiger partial charge in [0.15, 0.2) is 9.84 Å². The molecule has 152 valence electrons. The highest BCUT2D eigenvalue weighted by Gasteiger charge is 2.08. The molecule has 4 nitrogen and oxygen atoms in total. The normalized spacial score (nSPS) is 10.7. The Morgan fingerprint density at radius 3 is 2.40 bits per heavy atom. The summed E-state index contributed by atoms with van der Waals surface area (Å²) in [5, 5.41) is 2.81. The Morgan fingerprint density at radius 1 is 0.967 bits per heavy atom. The van der Waals surface area contributed by atoms with Gasteiger partial charge in [-0.1, -0.05) is 42.2 Å². The molecule has 1 N–H and O–H groups in total. The minimum Gasteiger partial charge on any atom is -0.348 e. The van der Waals surface area contributed by atoms with Crippen LogP contribution in [-0.4, -0.2) is 20.6 Å². The van der Waals surface area contributed by atoms with E-state index in [0.29, 0.717) is 17.5 Å². The first kappa shape index (κ1) is 21.3. The van der Waals surface area contributed by atoms with Crippen molar-refractivity contribution in [2.24, 2.45) is 0 Å². The van der Waals surface area contributed by atoms with Crippen molar-refractivity contribution < 1.29 is 17.6 Å². The highest BCUT2D eigenvalue weighted by atomic mass is 32.2. The van der Waals surface area contributed by atoms with E-state index in [1.54, 1.807) is 42.5 Å². The van der Waals surface area contributed by atoms with E-state index in [9.17, 15) is 17.6 Å². The van der Waals surface area contributed by atoms with Crippen LogP contribution >= 0.6 is 0 Å². The van der Waals surface area contributed by atoms with Crippen LogP contribution in [0.2, 0.25) is 0 Å². The lowest BCUT2D eigenvalue weighted by molar-refractivity contribution is 0.0951. The van der Waals surface area contributed by atoms with Gasteiger partial charge in [0, 0.05) is 30.3 Å². The van der Waals surface area contributed by atoms with E-state index in [-0.39, 0.29) is 23.2 Å². The number of carbonyl (C=O) groups is 1. The number of halogens is 1. The number of rotatable bonds is 5. The van der Waals surface area contributed by atoms with Crippen molar-refractivity contribution in [3.8, 4) is 11.8 Å². The minimum atomic E-state index is -3.25. The predicted molar refractivity (Wildman–Crippen MR) is 114 cm³/mol. The van der Waals surface area contributed by atoms with Crippen molar-refractivity contribution in [1.29, 1.82) is 0 Å². The molecule has 0 spiro atoms. The van der Waals surface area contributed by atoms with Gasteiger partial charge in [-0.15, -0.1) is 0 Å². The zero-order valence-electron chi connectivity index (χ0n) is 16.4. The summed E-state index contributed by atoms with van der Waals surface area (Å²) in [6.45, 7) is 0.276. The van der Waals surface area contributed by atoms with E-state index < -0.39 is 9.84 Å². The van der Waals surface area contributed by atoms with E-state index >= 15 is 0 Å². The average Bonchev–Trinajstić information content (AvgIpc) is 2.72. The number of benzene rings is 3. The molecule has 1 amide bonds. The molecule has 0 heterocycles. The molecule has 3 rings (SSSR count). The lowest BCUT2D eigenvalue weighted by Gasteiger charge is -2.07. The van der Waals surface area contributed by atoms with Crippen molar-refractivity contribution in [3.63, 3.8) is 0 Å². The van der Waals surface area contributed by atoms with Crippen molar-refractivity contribution in [3.05, 3.63) is 101 Å². The number of hydrogen-bond acceptors (Lipinski definition) is 3. The van der Waals surface area contributed by atoms with E-state index in [2.05, 4.69) is 17.2 Å². The van der Waals surface area contributed by atoms with Crippen molar-refractivity contribution in [2.45, 2.75) is 17.9 Å². The van der Waals surface area contributed by atoms with Crippen LogP contribution in [0.4, 0.5) is 4.39 Å². The highest BCUT2D eigenvalue weighted by molar-refractivity contribution is 7.90. The third kappa shape index (κ3) is 6.03.